The van der Waals surface area contributed by atoms with Gasteiger partial charge in [0, 0.05) is 24.8 Å². The van der Waals surface area contributed by atoms with Crippen molar-refractivity contribution in [1.29, 1.82) is 0 Å². The van der Waals surface area contributed by atoms with Crippen molar-refractivity contribution in [2.45, 2.75) is 19.8 Å². The highest BCUT2D eigenvalue weighted by molar-refractivity contribution is 7.09. The third-order valence-electron chi connectivity index (χ3n) is 2.71. The Kier molecular flexibility index (Phi) is 4.52. The molecule has 2 rings (SSSR count). The summed E-state index contributed by atoms with van der Waals surface area (Å²) in [5, 5.41) is 13.7. The van der Waals surface area contributed by atoms with E-state index >= 15 is 0 Å². The molecular formula is C13H14N2O4S. The van der Waals surface area contributed by atoms with Crippen LogP contribution >= 0.6 is 11.3 Å². The predicted octanol–water partition coefficient (Wildman–Crippen LogP) is 1.97. The molecular weight excluding hydrogens is 280 g/mol. The lowest BCUT2D eigenvalue weighted by atomic mass is 10.2. The quantitative estimate of drug-likeness (QED) is 0.849. The highest BCUT2D eigenvalue weighted by atomic mass is 32.1. The number of aromatic carboxylic acids is 1. The fraction of sp³-hybridized carbons (Fsp3) is 0.308. The van der Waals surface area contributed by atoms with Crippen LogP contribution in [0.25, 0.3) is 0 Å². The third kappa shape index (κ3) is 3.24. The van der Waals surface area contributed by atoms with Crippen molar-refractivity contribution in [3.8, 4) is 0 Å². The lowest BCUT2D eigenvalue weighted by Crippen LogP contribution is -2.26. The Morgan fingerprint density at radius 3 is 2.95 bits per heavy atom. The van der Waals surface area contributed by atoms with Gasteiger partial charge in [-0.15, -0.1) is 11.3 Å². The maximum Gasteiger partial charge on any atom is 0.355 e. The average Bonchev–Trinajstić information content (AvgIpc) is 3.07. The Balaban J connectivity index is 1.86. The number of aromatic nitrogens is 1. The molecule has 20 heavy (non-hydrogen) atoms. The molecule has 0 saturated heterocycles. The van der Waals surface area contributed by atoms with E-state index in [9.17, 15) is 9.59 Å². The monoisotopic (exact) mass is 294 g/mol. The maximum absolute atomic E-state index is 11.9. The van der Waals surface area contributed by atoms with E-state index in [1.807, 2.05) is 6.92 Å². The van der Waals surface area contributed by atoms with E-state index in [4.69, 9.17) is 9.52 Å². The molecule has 6 nitrogen and oxygen atoms in total. The Morgan fingerprint density at radius 1 is 1.50 bits per heavy atom. The van der Waals surface area contributed by atoms with Crippen molar-refractivity contribution in [1.82, 2.24) is 10.3 Å². The normalized spacial score (nSPS) is 10.4. The van der Waals surface area contributed by atoms with Gasteiger partial charge < -0.3 is 14.8 Å². The summed E-state index contributed by atoms with van der Waals surface area (Å²) in [5.41, 5.74) is 0.581. The first-order chi connectivity index (χ1) is 9.61. The third-order valence-corrected chi connectivity index (χ3v) is 3.62. The summed E-state index contributed by atoms with van der Waals surface area (Å²) in [6.07, 6.45) is 2.65. The maximum atomic E-state index is 11.9. The fourth-order valence-electron chi connectivity index (χ4n) is 1.72. The van der Waals surface area contributed by atoms with E-state index in [0.29, 0.717) is 35.7 Å². The van der Waals surface area contributed by atoms with Gasteiger partial charge >= 0.3 is 5.97 Å². The average molecular weight is 294 g/mol. The number of aryl methyl sites for hydroxylation is 1. The topological polar surface area (TPSA) is 92.4 Å². The number of furan rings is 1. The summed E-state index contributed by atoms with van der Waals surface area (Å²) >= 11 is 1.27. The van der Waals surface area contributed by atoms with Crippen molar-refractivity contribution >= 4 is 23.2 Å². The molecule has 0 spiro atoms. The molecule has 2 aromatic heterocycles. The molecule has 0 radical (unpaired) electrons. The van der Waals surface area contributed by atoms with Crippen molar-refractivity contribution in [3.05, 3.63) is 39.7 Å². The zero-order valence-corrected chi connectivity index (χ0v) is 11.7. The van der Waals surface area contributed by atoms with Gasteiger partial charge in [-0.3, -0.25) is 4.79 Å². The molecule has 0 aliphatic carbocycles. The number of nitrogens with zero attached hydrogens (tertiary/aromatic N) is 1. The Hall–Kier alpha value is -2.15. The summed E-state index contributed by atoms with van der Waals surface area (Å²) < 4.78 is 5.19. The first-order valence-corrected chi connectivity index (χ1v) is 7.02. The zero-order valence-electron chi connectivity index (χ0n) is 10.9. The van der Waals surface area contributed by atoms with E-state index in [2.05, 4.69) is 10.3 Å². The van der Waals surface area contributed by atoms with E-state index in [0.717, 1.165) is 0 Å². The molecule has 0 saturated carbocycles. The molecule has 0 bridgehead atoms. The number of carbonyl (C=O) groups excluding carboxylic acids is 1. The second-order valence-electron chi connectivity index (χ2n) is 4.05. The van der Waals surface area contributed by atoms with E-state index in [1.54, 1.807) is 6.07 Å². The molecule has 0 atom stereocenters. The Bertz CT molecular complexity index is 617. The number of carbonyl (C=O) groups is 2. The second kappa shape index (κ2) is 6.33. The first-order valence-electron chi connectivity index (χ1n) is 6.14. The fourth-order valence-corrected chi connectivity index (χ4v) is 2.49. The molecule has 2 N–H and O–H groups in total. The van der Waals surface area contributed by atoms with Crippen LogP contribution in [-0.2, 0) is 12.8 Å². The highest BCUT2D eigenvalue weighted by Gasteiger charge is 2.13. The number of amides is 1. The molecule has 0 aromatic carbocycles. The summed E-state index contributed by atoms with van der Waals surface area (Å²) in [6.45, 7) is 2.32. The number of thiazole rings is 1. The standard InChI is InChI=1S/C13H14N2O4S/c1-2-10-8(4-6-19-10)12(16)14-5-3-11-15-9(7-20-11)13(17)18/h4,6-7H,2-3,5H2,1H3,(H,14,16)(H,17,18). The van der Waals surface area contributed by atoms with Crippen LogP contribution in [-0.4, -0.2) is 28.5 Å². The van der Waals surface area contributed by atoms with Gasteiger partial charge in [-0.05, 0) is 6.07 Å². The lowest BCUT2D eigenvalue weighted by Gasteiger charge is -2.03. The van der Waals surface area contributed by atoms with Crippen LogP contribution in [0.4, 0.5) is 0 Å². The lowest BCUT2D eigenvalue weighted by molar-refractivity contribution is 0.0690. The summed E-state index contributed by atoms with van der Waals surface area (Å²) in [4.78, 5) is 26.5. The Morgan fingerprint density at radius 2 is 2.30 bits per heavy atom. The minimum Gasteiger partial charge on any atom is -0.476 e. The van der Waals surface area contributed by atoms with Gasteiger partial charge in [0.1, 0.15) is 5.76 Å². The highest BCUT2D eigenvalue weighted by Crippen LogP contribution is 2.12. The van der Waals surface area contributed by atoms with Crippen LogP contribution in [0.1, 0.15) is 38.5 Å². The van der Waals surface area contributed by atoms with Gasteiger partial charge in [0.15, 0.2) is 5.69 Å². The van der Waals surface area contributed by atoms with Crippen molar-refractivity contribution in [2.24, 2.45) is 0 Å². The first kappa shape index (κ1) is 14.3. The predicted molar refractivity (Wildman–Crippen MR) is 73.2 cm³/mol. The molecule has 2 aromatic rings. The molecule has 7 heteroatoms. The summed E-state index contributed by atoms with van der Waals surface area (Å²) in [7, 11) is 0. The molecule has 0 fully saturated rings. The number of rotatable bonds is 6. The Labute approximate surface area is 119 Å². The van der Waals surface area contributed by atoms with Crippen LogP contribution in [0.5, 0.6) is 0 Å². The van der Waals surface area contributed by atoms with Gasteiger partial charge in [0.05, 0.1) is 16.8 Å². The van der Waals surface area contributed by atoms with Crippen LogP contribution in [0.3, 0.4) is 0 Å². The number of hydrogen-bond acceptors (Lipinski definition) is 5. The van der Waals surface area contributed by atoms with Crippen LogP contribution < -0.4 is 5.32 Å². The summed E-state index contributed by atoms with van der Waals surface area (Å²) in [5.74, 6) is -0.571. The van der Waals surface area contributed by atoms with Crippen molar-refractivity contribution < 1.29 is 19.1 Å². The number of hydrogen-bond donors (Lipinski definition) is 2. The number of carboxylic acids is 1. The van der Waals surface area contributed by atoms with Crippen molar-refractivity contribution in [3.63, 3.8) is 0 Å². The number of carboxylic acid groups (broad SMARTS) is 1. The van der Waals surface area contributed by atoms with Gasteiger partial charge in [-0.25, -0.2) is 9.78 Å². The van der Waals surface area contributed by atoms with Crippen LogP contribution in [0, 0.1) is 0 Å². The molecule has 0 unspecified atom stereocenters. The van der Waals surface area contributed by atoms with Crippen LogP contribution in [0.15, 0.2) is 22.1 Å². The van der Waals surface area contributed by atoms with E-state index < -0.39 is 5.97 Å². The zero-order chi connectivity index (χ0) is 14.5. The van der Waals surface area contributed by atoms with E-state index in [1.165, 1.54) is 23.0 Å². The van der Waals surface area contributed by atoms with Gasteiger partial charge in [0.2, 0.25) is 0 Å². The second-order valence-corrected chi connectivity index (χ2v) is 4.99. The van der Waals surface area contributed by atoms with Gasteiger partial charge in [-0.1, -0.05) is 6.92 Å². The molecule has 1 amide bonds. The summed E-state index contributed by atoms with van der Waals surface area (Å²) in [6, 6.07) is 1.64. The minimum atomic E-state index is -1.04. The van der Waals surface area contributed by atoms with E-state index in [-0.39, 0.29) is 11.6 Å². The molecule has 0 aliphatic rings. The number of nitrogens with one attached hydrogen (secondary N) is 1. The minimum absolute atomic E-state index is 0.0411. The largest absolute Gasteiger partial charge is 0.476 e. The smallest absolute Gasteiger partial charge is 0.355 e. The molecule has 0 aliphatic heterocycles. The van der Waals surface area contributed by atoms with Gasteiger partial charge in [0.25, 0.3) is 5.91 Å². The van der Waals surface area contributed by atoms with Gasteiger partial charge in [-0.2, -0.15) is 0 Å². The van der Waals surface area contributed by atoms with Crippen LogP contribution in [0.2, 0.25) is 0 Å². The van der Waals surface area contributed by atoms with Crippen molar-refractivity contribution in [2.75, 3.05) is 6.54 Å². The molecule has 2 heterocycles. The SMILES string of the molecule is CCc1occc1C(=O)NCCc1nc(C(=O)O)cs1. The molecule has 106 valence electrons.